The number of nitrogen functional groups attached to an aromatic ring is 1. The van der Waals surface area contributed by atoms with Gasteiger partial charge in [-0.2, -0.15) is 0 Å². The maximum Gasteiger partial charge on any atom is 0.115 e. The minimum atomic E-state index is -0.559. The second kappa shape index (κ2) is 5.42. The van der Waals surface area contributed by atoms with Crippen molar-refractivity contribution in [3.05, 3.63) is 24.0 Å². The summed E-state index contributed by atoms with van der Waals surface area (Å²) >= 11 is 0. The SMILES string of the molecule is COCC(O)Cn1c(C(C)(C)C)nc2cc(N)ccc21. The Kier molecular flexibility index (Phi) is 4.01. The van der Waals surface area contributed by atoms with Crippen LogP contribution in [-0.4, -0.2) is 34.5 Å². The molecule has 2 rings (SSSR count). The third-order valence-corrected chi connectivity index (χ3v) is 3.20. The molecular weight excluding hydrogens is 254 g/mol. The minimum absolute atomic E-state index is 0.111. The second-order valence-corrected chi connectivity index (χ2v) is 6.15. The number of anilines is 1. The quantitative estimate of drug-likeness (QED) is 0.837. The fourth-order valence-corrected chi connectivity index (χ4v) is 2.36. The van der Waals surface area contributed by atoms with Gasteiger partial charge in [-0.05, 0) is 18.2 Å². The molecule has 0 aliphatic carbocycles. The lowest BCUT2D eigenvalue weighted by molar-refractivity contribution is 0.0534. The molecule has 3 N–H and O–H groups in total. The van der Waals surface area contributed by atoms with Crippen molar-refractivity contribution >= 4 is 16.7 Å². The predicted octanol–water partition coefficient (Wildman–Crippen LogP) is 1.92. The van der Waals surface area contributed by atoms with Crippen LogP contribution in [0.3, 0.4) is 0 Å². The first kappa shape index (κ1) is 14.8. The number of imidazole rings is 1. The van der Waals surface area contributed by atoms with Crippen molar-refractivity contribution in [2.75, 3.05) is 19.5 Å². The zero-order valence-corrected chi connectivity index (χ0v) is 12.6. The van der Waals surface area contributed by atoms with Crippen LogP contribution in [0.25, 0.3) is 11.0 Å². The smallest absolute Gasteiger partial charge is 0.115 e. The van der Waals surface area contributed by atoms with Gasteiger partial charge in [0.2, 0.25) is 0 Å². The van der Waals surface area contributed by atoms with Crippen molar-refractivity contribution < 1.29 is 9.84 Å². The molecule has 0 aliphatic rings. The lowest BCUT2D eigenvalue weighted by Gasteiger charge is -2.21. The molecule has 0 bridgehead atoms. The van der Waals surface area contributed by atoms with Gasteiger partial charge < -0.3 is 20.1 Å². The molecular formula is C15H23N3O2. The normalized spacial score (nSPS) is 13.8. The highest BCUT2D eigenvalue weighted by Gasteiger charge is 2.24. The molecule has 1 aromatic carbocycles. The minimum Gasteiger partial charge on any atom is -0.399 e. The first-order chi connectivity index (χ1) is 9.32. The van der Waals surface area contributed by atoms with Crippen LogP contribution in [0.2, 0.25) is 0 Å². The standard InChI is InChI=1S/C15H23N3O2/c1-15(2,3)14-17-12-7-10(16)5-6-13(12)18(14)8-11(19)9-20-4/h5-7,11,19H,8-9,16H2,1-4H3. The van der Waals surface area contributed by atoms with Gasteiger partial charge in [0.15, 0.2) is 0 Å². The number of nitrogens with zero attached hydrogens (tertiary/aromatic N) is 2. The van der Waals surface area contributed by atoms with Gasteiger partial charge in [0.25, 0.3) is 0 Å². The monoisotopic (exact) mass is 277 g/mol. The topological polar surface area (TPSA) is 73.3 Å². The van der Waals surface area contributed by atoms with E-state index in [9.17, 15) is 5.11 Å². The third kappa shape index (κ3) is 2.94. The Labute approximate surface area is 119 Å². The van der Waals surface area contributed by atoms with Crippen LogP contribution in [0.1, 0.15) is 26.6 Å². The summed E-state index contributed by atoms with van der Waals surface area (Å²) in [6.07, 6.45) is -0.559. The van der Waals surface area contributed by atoms with E-state index in [0.29, 0.717) is 18.8 Å². The highest BCUT2D eigenvalue weighted by molar-refractivity contribution is 5.80. The van der Waals surface area contributed by atoms with Gasteiger partial charge in [0.05, 0.1) is 30.3 Å². The molecule has 1 atom stereocenters. The summed E-state index contributed by atoms with van der Waals surface area (Å²) in [6.45, 7) is 7.09. The van der Waals surface area contributed by atoms with Crippen LogP contribution >= 0.6 is 0 Å². The lowest BCUT2D eigenvalue weighted by Crippen LogP contribution is -2.26. The van der Waals surface area contributed by atoms with Crippen molar-refractivity contribution in [3.8, 4) is 0 Å². The Morgan fingerprint density at radius 2 is 2.10 bits per heavy atom. The van der Waals surface area contributed by atoms with E-state index in [4.69, 9.17) is 10.5 Å². The third-order valence-electron chi connectivity index (χ3n) is 3.20. The zero-order chi connectivity index (χ0) is 14.9. The van der Waals surface area contributed by atoms with E-state index in [2.05, 4.69) is 30.3 Å². The summed E-state index contributed by atoms with van der Waals surface area (Å²) in [7, 11) is 1.58. The number of hydrogen-bond donors (Lipinski definition) is 2. The average molecular weight is 277 g/mol. The van der Waals surface area contributed by atoms with Crippen LogP contribution < -0.4 is 5.73 Å². The van der Waals surface area contributed by atoms with E-state index in [1.165, 1.54) is 0 Å². The van der Waals surface area contributed by atoms with Crippen molar-refractivity contribution in [2.45, 2.75) is 38.8 Å². The summed E-state index contributed by atoms with van der Waals surface area (Å²) < 4.78 is 7.06. The molecule has 20 heavy (non-hydrogen) atoms. The van der Waals surface area contributed by atoms with Crippen LogP contribution in [-0.2, 0) is 16.7 Å². The summed E-state index contributed by atoms with van der Waals surface area (Å²) in [6, 6.07) is 5.67. The maximum atomic E-state index is 10.0. The molecule has 0 radical (unpaired) electrons. The van der Waals surface area contributed by atoms with Gasteiger partial charge in [-0.1, -0.05) is 20.8 Å². The largest absolute Gasteiger partial charge is 0.399 e. The highest BCUT2D eigenvalue weighted by Crippen LogP contribution is 2.27. The van der Waals surface area contributed by atoms with Crippen molar-refractivity contribution in [1.82, 2.24) is 9.55 Å². The molecule has 0 fully saturated rings. The molecule has 5 nitrogen and oxygen atoms in total. The van der Waals surface area contributed by atoms with E-state index in [0.717, 1.165) is 16.9 Å². The lowest BCUT2D eigenvalue weighted by atomic mass is 9.95. The van der Waals surface area contributed by atoms with Gasteiger partial charge in [0.1, 0.15) is 5.82 Å². The first-order valence-corrected chi connectivity index (χ1v) is 6.76. The molecule has 0 saturated heterocycles. The molecule has 1 aromatic heterocycles. The number of aromatic nitrogens is 2. The average Bonchev–Trinajstić information content (AvgIpc) is 2.67. The predicted molar refractivity (Wildman–Crippen MR) is 80.7 cm³/mol. The Hall–Kier alpha value is -1.59. The number of fused-ring (bicyclic) bond motifs is 1. The molecule has 5 heteroatoms. The van der Waals surface area contributed by atoms with Gasteiger partial charge in [0, 0.05) is 18.2 Å². The number of ether oxygens (including phenoxy) is 1. The van der Waals surface area contributed by atoms with Crippen molar-refractivity contribution in [1.29, 1.82) is 0 Å². The van der Waals surface area contributed by atoms with E-state index in [1.54, 1.807) is 7.11 Å². The zero-order valence-electron chi connectivity index (χ0n) is 12.6. The van der Waals surface area contributed by atoms with Crippen LogP contribution in [0.4, 0.5) is 5.69 Å². The first-order valence-electron chi connectivity index (χ1n) is 6.76. The number of rotatable bonds is 4. The molecule has 110 valence electrons. The fraction of sp³-hybridized carbons (Fsp3) is 0.533. The van der Waals surface area contributed by atoms with Crippen LogP contribution in [0.15, 0.2) is 18.2 Å². The molecule has 0 aliphatic heterocycles. The highest BCUT2D eigenvalue weighted by atomic mass is 16.5. The molecule has 1 unspecified atom stereocenters. The number of hydrogen-bond acceptors (Lipinski definition) is 4. The van der Waals surface area contributed by atoms with Gasteiger partial charge in [-0.15, -0.1) is 0 Å². The van der Waals surface area contributed by atoms with Crippen LogP contribution in [0.5, 0.6) is 0 Å². The Morgan fingerprint density at radius 1 is 1.40 bits per heavy atom. The van der Waals surface area contributed by atoms with Crippen LogP contribution in [0, 0.1) is 0 Å². The van der Waals surface area contributed by atoms with Crippen molar-refractivity contribution in [2.24, 2.45) is 0 Å². The summed E-state index contributed by atoms with van der Waals surface area (Å²) in [5.74, 6) is 0.938. The number of nitrogens with two attached hydrogens (primary N) is 1. The van der Waals surface area contributed by atoms with E-state index in [1.807, 2.05) is 18.2 Å². The molecule has 0 saturated carbocycles. The number of methoxy groups -OCH3 is 1. The van der Waals surface area contributed by atoms with Gasteiger partial charge in [-0.3, -0.25) is 0 Å². The molecule has 1 heterocycles. The summed E-state index contributed by atoms with van der Waals surface area (Å²) in [5.41, 5.74) is 8.25. The fourth-order valence-electron chi connectivity index (χ4n) is 2.36. The number of benzene rings is 1. The maximum absolute atomic E-state index is 10.0. The second-order valence-electron chi connectivity index (χ2n) is 6.15. The Balaban J connectivity index is 2.53. The molecule has 0 spiro atoms. The summed E-state index contributed by atoms with van der Waals surface area (Å²) in [5, 5.41) is 10.0. The number of aliphatic hydroxyl groups is 1. The summed E-state index contributed by atoms with van der Waals surface area (Å²) in [4.78, 5) is 4.69. The molecule has 2 aromatic rings. The molecule has 0 amide bonds. The number of aliphatic hydroxyl groups excluding tert-OH is 1. The van der Waals surface area contributed by atoms with E-state index >= 15 is 0 Å². The van der Waals surface area contributed by atoms with E-state index in [-0.39, 0.29) is 5.41 Å². The van der Waals surface area contributed by atoms with Gasteiger partial charge in [-0.25, -0.2) is 4.98 Å². The van der Waals surface area contributed by atoms with E-state index < -0.39 is 6.10 Å². The Morgan fingerprint density at radius 3 is 2.70 bits per heavy atom. The van der Waals surface area contributed by atoms with Gasteiger partial charge >= 0.3 is 0 Å². The van der Waals surface area contributed by atoms with Crippen molar-refractivity contribution in [3.63, 3.8) is 0 Å². The Bertz CT molecular complexity index is 599.